The normalized spacial score (nSPS) is 10.7. The number of benzene rings is 1. The van der Waals surface area contributed by atoms with Gasteiger partial charge in [-0.1, -0.05) is 42.2 Å². The van der Waals surface area contributed by atoms with Gasteiger partial charge in [0.2, 0.25) is 23.6 Å². The van der Waals surface area contributed by atoms with Crippen molar-refractivity contribution in [1.82, 2.24) is 31.2 Å². The zero-order chi connectivity index (χ0) is 27.8. The molecule has 13 nitrogen and oxygen atoms in total. The van der Waals surface area contributed by atoms with Crippen LogP contribution in [0.1, 0.15) is 30.4 Å². The first-order valence-corrected chi connectivity index (χ1v) is 11.6. The van der Waals surface area contributed by atoms with E-state index in [9.17, 15) is 28.8 Å². The fourth-order valence-corrected chi connectivity index (χ4v) is 3.01. The number of nitrogens with one attached hydrogen (secondary N) is 5. The summed E-state index contributed by atoms with van der Waals surface area (Å²) in [5.41, 5.74) is 0.820. The summed E-state index contributed by atoms with van der Waals surface area (Å²) >= 11 is 0. The van der Waals surface area contributed by atoms with Gasteiger partial charge in [-0.3, -0.25) is 24.0 Å². The minimum absolute atomic E-state index is 0.119. The predicted molar refractivity (Wildman–Crippen MR) is 134 cm³/mol. The molecule has 6 N–H and O–H groups in total. The van der Waals surface area contributed by atoms with Gasteiger partial charge in [0.1, 0.15) is 12.6 Å². The maximum absolute atomic E-state index is 12.4. The number of unbranched alkanes of at least 4 members (excludes halogenated alkanes) is 1. The van der Waals surface area contributed by atoms with Crippen LogP contribution in [0.4, 0.5) is 0 Å². The Morgan fingerprint density at radius 3 is 2.34 bits per heavy atom. The van der Waals surface area contributed by atoms with Crippen LogP contribution < -0.4 is 27.0 Å². The van der Waals surface area contributed by atoms with E-state index in [0.29, 0.717) is 18.4 Å². The Hall–Kier alpha value is -4.99. The molecule has 0 radical (unpaired) electrons. The van der Waals surface area contributed by atoms with E-state index in [1.807, 2.05) is 0 Å². The van der Waals surface area contributed by atoms with Crippen molar-refractivity contribution in [2.45, 2.75) is 31.7 Å². The molecule has 200 valence electrons. The van der Waals surface area contributed by atoms with Crippen molar-refractivity contribution < 1.29 is 29.1 Å². The SMILES string of the molecule is O=C(O)CNC(=O)[C@H](Cc1ccccc1)NC(=O)CNC(=O)CNC(=O)CCCC#Cc1cnc(=O)[nH]c1. The Balaban J connectivity index is 1.70. The second-order valence-corrected chi connectivity index (χ2v) is 7.94. The van der Waals surface area contributed by atoms with E-state index in [0.717, 1.165) is 5.56 Å². The number of nitrogens with zero attached hydrogens (tertiary/aromatic N) is 1. The average molecular weight is 525 g/mol. The maximum atomic E-state index is 12.4. The van der Waals surface area contributed by atoms with Gasteiger partial charge >= 0.3 is 11.7 Å². The van der Waals surface area contributed by atoms with Crippen LogP contribution in [0.15, 0.2) is 47.5 Å². The molecule has 0 unspecified atom stereocenters. The van der Waals surface area contributed by atoms with Crippen molar-refractivity contribution >= 4 is 29.6 Å². The lowest BCUT2D eigenvalue weighted by molar-refractivity contribution is -0.138. The molecule has 4 amide bonds. The molecule has 1 heterocycles. The highest BCUT2D eigenvalue weighted by Gasteiger charge is 2.22. The number of carboxylic acid groups (broad SMARTS) is 1. The number of hydrogen-bond acceptors (Lipinski definition) is 7. The Kier molecular flexibility index (Phi) is 12.2. The molecule has 0 saturated heterocycles. The number of rotatable bonds is 13. The third kappa shape index (κ3) is 12.1. The largest absolute Gasteiger partial charge is 0.480 e. The zero-order valence-corrected chi connectivity index (χ0v) is 20.4. The average Bonchev–Trinajstić information content (AvgIpc) is 2.90. The third-order valence-corrected chi connectivity index (χ3v) is 4.85. The van der Waals surface area contributed by atoms with Crippen LogP contribution in [0.5, 0.6) is 0 Å². The van der Waals surface area contributed by atoms with Gasteiger partial charge in [-0.15, -0.1) is 0 Å². The Morgan fingerprint density at radius 1 is 0.947 bits per heavy atom. The van der Waals surface area contributed by atoms with Gasteiger partial charge in [-0.25, -0.2) is 9.78 Å². The fourth-order valence-electron chi connectivity index (χ4n) is 3.01. The molecule has 38 heavy (non-hydrogen) atoms. The number of H-pyrrole nitrogens is 1. The third-order valence-electron chi connectivity index (χ3n) is 4.85. The predicted octanol–water partition coefficient (Wildman–Crippen LogP) is -1.55. The van der Waals surface area contributed by atoms with E-state index in [-0.39, 0.29) is 25.3 Å². The molecule has 2 rings (SSSR count). The van der Waals surface area contributed by atoms with E-state index < -0.39 is 48.5 Å². The first-order chi connectivity index (χ1) is 18.2. The molecule has 0 saturated carbocycles. The van der Waals surface area contributed by atoms with Crippen molar-refractivity contribution in [2.75, 3.05) is 19.6 Å². The summed E-state index contributed by atoms with van der Waals surface area (Å²) in [7, 11) is 0. The molecule has 1 atom stereocenters. The quantitative estimate of drug-likeness (QED) is 0.134. The standard InChI is InChI=1S/C25H28N6O7/c32-20(10-6-2-5-9-18-12-29-25(38)30-13-18)26-14-21(33)27-15-22(34)31-19(24(37)28-16-23(35)36)11-17-7-3-1-4-8-17/h1,3-4,7-8,12-13,19H,2,6,10-11,14-16H2,(H,26,32)(H,27,33)(H,28,37)(H,31,34)(H,35,36)(H,29,30,38)/t19-/m0/s1. The fraction of sp³-hybridized carbons (Fsp3) is 0.320. The van der Waals surface area contributed by atoms with Crippen molar-refractivity contribution in [3.63, 3.8) is 0 Å². The Bertz CT molecular complexity index is 1230. The molecule has 2 aromatic rings. The first-order valence-electron chi connectivity index (χ1n) is 11.6. The van der Waals surface area contributed by atoms with E-state index in [4.69, 9.17) is 5.11 Å². The number of carbonyl (C=O) groups excluding carboxylic acids is 4. The van der Waals surface area contributed by atoms with E-state index >= 15 is 0 Å². The maximum Gasteiger partial charge on any atom is 0.344 e. The van der Waals surface area contributed by atoms with E-state index in [2.05, 4.69) is 43.1 Å². The van der Waals surface area contributed by atoms with Crippen molar-refractivity contribution in [2.24, 2.45) is 0 Å². The van der Waals surface area contributed by atoms with E-state index in [1.54, 1.807) is 30.3 Å². The highest BCUT2D eigenvalue weighted by molar-refractivity contribution is 5.92. The van der Waals surface area contributed by atoms with Crippen molar-refractivity contribution in [3.05, 3.63) is 64.3 Å². The second kappa shape index (κ2) is 15.9. The summed E-state index contributed by atoms with van der Waals surface area (Å²) in [5, 5.41) is 18.3. The molecular weight excluding hydrogens is 496 g/mol. The number of aliphatic carboxylic acids is 1. The summed E-state index contributed by atoms with van der Waals surface area (Å²) in [5.74, 6) is 2.12. The van der Waals surface area contributed by atoms with Gasteiger partial charge in [-0.05, 0) is 12.0 Å². The van der Waals surface area contributed by atoms with Crippen molar-refractivity contribution in [1.29, 1.82) is 0 Å². The zero-order valence-electron chi connectivity index (χ0n) is 20.4. The van der Waals surface area contributed by atoms with Crippen LogP contribution in [-0.2, 0) is 30.4 Å². The number of carboxylic acids is 1. The minimum atomic E-state index is -1.23. The molecule has 0 aliphatic heterocycles. The highest BCUT2D eigenvalue weighted by Crippen LogP contribution is 2.03. The number of amides is 4. The van der Waals surface area contributed by atoms with Gasteiger partial charge in [0.15, 0.2) is 0 Å². The number of hydrogen-bond donors (Lipinski definition) is 6. The second-order valence-electron chi connectivity index (χ2n) is 7.94. The van der Waals surface area contributed by atoms with Gasteiger partial charge < -0.3 is 31.4 Å². The van der Waals surface area contributed by atoms with Crippen molar-refractivity contribution in [3.8, 4) is 11.8 Å². The van der Waals surface area contributed by atoms with Crippen LogP contribution >= 0.6 is 0 Å². The van der Waals surface area contributed by atoms with Gasteiger partial charge in [-0.2, -0.15) is 0 Å². The topological polar surface area (TPSA) is 199 Å². The lowest BCUT2D eigenvalue weighted by Gasteiger charge is -2.18. The smallest absolute Gasteiger partial charge is 0.344 e. The molecule has 1 aromatic heterocycles. The summed E-state index contributed by atoms with van der Waals surface area (Å²) in [6.07, 6.45) is 3.91. The minimum Gasteiger partial charge on any atom is -0.480 e. The van der Waals surface area contributed by atoms with Gasteiger partial charge in [0, 0.05) is 31.7 Å². The highest BCUT2D eigenvalue weighted by atomic mass is 16.4. The summed E-state index contributed by atoms with van der Waals surface area (Å²) < 4.78 is 0. The Labute approximate surface area is 217 Å². The molecule has 13 heteroatoms. The molecule has 0 bridgehead atoms. The lowest BCUT2D eigenvalue weighted by atomic mass is 10.1. The number of aromatic nitrogens is 2. The van der Waals surface area contributed by atoms with Crippen LogP contribution in [0, 0.1) is 11.8 Å². The molecule has 0 spiro atoms. The lowest BCUT2D eigenvalue weighted by Crippen LogP contribution is -2.51. The summed E-state index contributed by atoms with van der Waals surface area (Å²) in [6.45, 7) is -1.38. The monoisotopic (exact) mass is 524 g/mol. The number of aromatic amines is 1. The first kappa shape index (κ1) is 29.2. The molecule has 0 aliphatic carbocycles. The van der Waals surface area contributed by atoms with Gasteiger partial charge in [0.25, 0.3) is 0 Å². The molecular formula is C25H28N6O7. The van der Waals surface area contributed by atoms with Crippen LogP contribution in [0.2, 0.25) is 0 Å². The van der Waals surface area contributed by atoms with Crippen LogP contribution in [-0.4, -0.2) is 70.3 Å². The Morgan fingerprint density at radius 2 is 1.66 bits per heavy atom. The molecule has 0 aliphatic rings. The van der Waals surface area contributed by atoms with Gasteiger partial charge in [0.05, 0.1) is 18.7 Å². The summed E-state index contributed by atoms with van der Waals surface area (Å²) in [6, 6.07) is 7.77. The van der Waals surface area contributed by atoms with Crippen LogP contribution in [0.3, 0.4) is 0 Å². The molecule has 1 aromatic carbocycles. The van der Waals surface area contributed by atoms with E-state index in [1.165, 1.54) is 12.4 Å². The van der Waals surface area contributed by atoms with Crippen LogP contribution in [0.25, 0.3) is 0 Å². The number of carbonyl (C=O) groups is 5. The molecule has 0 fully saturated rings. The summed E-state index contributed by atoms with van der Waals surface area (Å²) in [4.78, 5) is 76.2.